The standard InChI is InChI=1S/C11H15N3O2/c1-8-10(7-12)11(14(2)13-8)16-9-3-5-15-6-4-9/h9H,3-6H2,1-2H3. The summed E-state index contributed by atoms with van der Waals surface area (Å²) in [6.45, 7) is 3.27. The van der Waals surface area contributed by atoms with Crippen LogP contribution in [0.15, 0.2) is 0 Å². The van der Waals surface area contributed by atoms with Gasteiger partial charge in [-0.15, -0.1) is 0 Å². The summed E-state index contributed by atoms with van der Waals surface area (Å²) in [6, 6.07) is 2.13. The second-order valence-corrected chi connectivity index (χ2v) is 3.93. The highest BCUT2D eigenvalue weighted by atomic mass is 16.5. The molecule has 16 heavy (non-hydrogen) atoms. The van der Waals surface area contributed by atoms with Gasteiger partial charge >= 0.3 is 0 Å². The minimum atomic E-state index is 0.135. The third-order valence-corrected chi connectivity index (χ3v) is 2.73. The summed E-state index contributed by atoms with van der Waals surface area (Å²) in [5.41, 5.74) is 1.25. The number of hydrogen-bond donors (Lipinski definition) is 0. The highest BCUT2D eigenvalue weighted by molar-refractivity contribution is 5.42. The van der Waals surface area contributed by atoms with Crippen molar-refractivity contribution in [2.45, 2.75) is 25.9 Å². The minimum Gasteiger partial charge on any atom is -0.473 e. The number of nitriles is 1. The summed E-state index contributed by atoms with van der Waals surface area (Å²) in [7, 11) is 1.79. The summed E-state index contributed by atoms with van der Waals surface area (Å²) in [4.78, 5) is 0. The van der Waals surface area contributed by atoms with E-state index in [0.29, 0.717) is 17.1 Å². The molecule has 1 aliphatic heterocycles. The van der Waals surface area contributed by atoms with Crippen molar-refractivity contribution in [2.75, 3.05) is 13.2 Å². The third kappa shape index (κ3) is 2.02. The van der Waals surface area contributed by atoms with Gasteiger partial charge in [-0.3, -0.25) is 0 Å². The first-order valence-electron chi connectivity index (χ1n) is 5.40. The van der Waals surface area contributed by atoms with Crippen molar-refractivity contribution in [1.29, 1.82) is 5.26 Å². The lowest BCUT2D eigenvalue weighted by Crippen LogP contribution is -2.26. The van der Waals surface area contributed by atoms with Gasteiger partial charge in [0.25, 0.3) is 0 Å². The Morgan fingerprint density at radius 3 is 2.81 bits per heavy atom. The van der Waals surface area contributed by atoms with E-state index in [9.17, 15) is 0 Å². The quantitative estimate of drug-likeness (QED) is 0.751. The van der Waals surface area contributed by atoms with Gasteiger partial charge in [-0.05, 0) is 6.92 Å². The highest BCUT2D eigenvalue weighted by Gasteiger charge is 2.21. The van der Waals surface area contributed by atoms with Crippen molar-refractivity contribution in [3.05, 3.63) is 11.3 Å². The summed E-state index contributed by atoms with van der Waals surface area (Å²) < 4.78 is 12.7. The van der Waals surface area contributed by atoms with Crippen molar-refractivity contribution in [3.8, 4) is 11.9 Å². The van der Waals surface area contributed by atoms with Gasteiger partial charge in [-0.25, -0.2) is 4.68 Å². The molecule has 2 heterocycles. The van der Waals surface area contributed by atoms with Gasteiger partial charge in [0, 0.05) is 19.9 Å². The van der Waals surface area contributed by atoms with Gasteiger partial charge in [0.2, 0.25) is 5.88 Å². The zero-order valence-corrected chi connectivity index (χ0v) is 9.56. The monoisotopic (exact) mass is 221 g/mol. The van der Waals surface area contributed by atoms with Crippen LogP contribution in [0.5, 0.6) is 5.88 Å². The predicted molar refractivity (Wildman–Crippen MR) is 57.1 cm³/mol. The predicted octanol–water partition coefficient (Wildman–Crippen LogP) is 1.16. The van der Waals surface area contributed by atoms with Crippen molar-refractivity contribution in [3.63, 3.8) is 0 Å². The van der Waals surface area contributed by atoms with Gasteiger partial charge in [-0.1, -0.05) is 0 Å². The van der Waals surface area contributed by atoms with E-state index < -0.39 is 0 Å². The van der Waals surface area contributed by atoms with Crippen LogP contribution in [0.2, 0.25) is 0 Å². The van der Waals surface area contributed by atoms with Gasteiger partial charge < -0.3 is 9.47 Å². The second kappa shape index (κ2) is 4.54. The first-order valence-corrected chi connectivity index (χ1v) is 5.40. The molecule has 0 atom stereocenters. The molecule has 0 aliphatic carbocycles. The molecule has 1 fully saturated rings. The lowest BCUT2D eigenvalue weighted by atomic mass is 10.1. The van der Waals surface area contributed by atoms with Crippen LogP contribution < -0.4 is 4.74 Å². The minimum absolute atomic E-state index is 0.135. The Labute approximate surface area is 94.6 Å². The molecular weight excluding hydrogens is 206 g/mol. The van der Waals surface area contributed by atoms with Crippen LogP contribution in [0.1, 0.15) is 24.1 Å². The van der Waals surface area contributed by atoms with E-state index in [4.69, 9.17) is 14.7 Å². The van der Waals surface area contributed by atoms with Crippen molar-refractivity contribution in [2.24, 2.45) is 7.05 Å². The lowest BCUT2D eigenvalue weighted by Gasteiger charge is -2.23. The van der Waals surface area contributed by atoms with E-state index in [0.717, 1.165) is 26.1 Å². The molecule has 0 amide bonds. The average molecular weight is 221 g/mol. The number of aryl methyl sites for hydroxylation is 2. The number of aromatic nitrogens is 2. The van der Waals surface area contributed by atoms with Crippen LogP contribution in [0, 0.1) is 18.3 Å². The zero-order valence-electron chi connectivity index (χ0n) is 9.56. The number of ether oxygens (including phenoxy) is 2. The van der Waals surface area contributed by atoms with Gasteiger partial charge in [-0.2, -0.15) is 10.4 Å². The van der Waals surface area contributed by atoms with Crippen LogP contribution in [-0.4, -0.2) is 29.1 Å². The lowest BCUT2D eigenvalue weighted by molar-refractivity contribution is 0.0219. The van der Waals surface area contributed by atoms with Crippen LogP contribution in [0.25, 0.3) is 0 Å². The number of hydrogen-bond acceptors (Lipinski definition) is 4. The van der Waals surface area contributed by atoms with Gasteiger partial charge in [0.1, 0.15) is 17.7 Å². The molecule has 0 radical (unpaired) electrons. The molecule has 5 nitrogen and oxygen atoms in total. The summed E-state index contributed by atoms with van der Waals surface area (Å²) in [5.74, 6) is 0.576. The van der Waals surface area contributed by atoms with Gasteiger partial charge in [0.15, 0.2) is 0 Å². The Bertz CT molecular complexity index is 414. The molecule has 0 spiro atoms. The molecule has 1 aromatic heterocycles. The van der Waals surface area contributed by atoms with E-state index in [1.165, 1.54) is 0 Å². The van der Waals surface area contributed by atoms with Crippen LogP contribution >= 0.6 is 0 Å². The smallest absolute Gasteiger partial charge is 0.230 e. The Morgan fingerprint density at radius 2 is 2.19 bits per heavy atom. The van der Waals surface area contributed by atoms with Crippen LogP contribution in [0.4, 0.5) is 0 Å². The molecule has 5 heteroatoms. The largest absolute Gasteiger partial charge is 0.473 e. The Hall–Kier alpha value is -1.54. The number of rotatable bonds is 2. The van der Waals surface area contributed by atoms with E-state index in [1.807, 2.05) is 6.92 Å². The fourth-order valence-electron chi connectivity index (χ4n) is 1.85. The first kappa shape index (κ1) is 11.0. The van der Waals surface area contributed by atoms with E-state index in [2.05, 4.69) is 11.2 Å². The molecule has 1 saturated heterocycles. The maximum atomic E-state index is 9.03. The van der Waals surface area contributed by atoms with E-state index in [1.54, 1.807) is 11.7 Å². The molecule has 86 valence electrons. The topological polar surface area (TPSA) is 60.1 Å². The van der Waals surface area contributed by atoms with Crippen molar-refractivity contribution in [1.82, 2.24) is 9.78 Å². The van der Waals surface area contributed by atoms with Crippen molar-refractivity contribution < 1.29 is 9.47 Å². The van der Waals surface area contributed by atoms with Crippen LogP contribution in [0.3, 0.4) is 0 Å². The summed E-state index contributed by atoms with van der Waals surface area (Å²) in [5, 5.41) is 13.2. The summed E-state index contributed by atoms with van der Waals surface area (Å²) in [6.07, 6.45) is 1.88. The Kier molecular flexibility index (Phi) is 3.11. The fourth-order valence-corrected chi connectivity index (χ4v) is 1.85. The van der Waals surface area contributed by atoms with E-state index in [-0.39, 0.29) is 6.10 Å². The van der Waals surface area contributed by atoms with E-state index >= 15 is 0 Å². The molecule has 1 aliphatic rings. The SMILES string of the molecule is Cc1nn(C)c(OC2CCOCC2)c1C#N. The molecule has 2 rings (SSSR count). The normalized spacial score (nSPS) is 17.1. The van der Waals surface area contributed by atoms with Crippen molar-refractivity contribution >= 4 is 0 Å². The maximum absolute atomic E-state index is 9.03. The molecule has 1 aromatic rings. The molecule has 0 unspecified atom stereocenters. The van der Waals surface area contributed by atoms with Crippen LogP contribution in [-0.2, 0) is 11.8 Å². The summed E-state index contributed by atoms with van der Waals surface area (Å²) >= 11 is 0. The zero-order chi connectivity index (χ0) is 11.5. The third-order valence-electron chi connectivity index (χ3n) is 2.73. The second-order valence-electron chi connectivity index (χ2n) is 3.93. The molecule has 0 saturated carbocycles. The first-order chi connectivity index (χ1) is 7.72. The Balaban J connectivity index is 2.17. The van der Waals surface area contributed by atoms with Gasteiger partial charge in [0.05, 0.1) is 18.9 Å². The molecular formula is C11H15N3O2. The average Bonchev–Trinajstić information content (AvgIpc) is 2.55. The number of nitrogens with zero attached hydrogens (tertiary/aromatic N) is 3. The molecule has 0 N–H and O–H groups in total. The molecule has 0 bridgehead atoms. The molecule has 0 aromatic carbocycles. The maximum Gasteiger partial charge on any atom is 0.230 e. The fraction of sp³-hybridized carbons (Fsp3) is 0.636. The highest BCUT2D eigenvalue weighted by Crippen LogP contribution is 2.23. The Morgan fingerprint density at radius 1 is 1.50 bits per heavy atom.